The van der Waals surface area contributed by atoms with E-state index in [0.717, 1.165) is 26.1 Å². The molecular formula is C11H19N3O. The summed E-state index contributed by atoms with van der Waals surface area (Å²) in [5.74, 6) is 0. The maximum absolute atomic E-state index is 9.20. The first-order valence-corrected chi connectivity index (χ1v) is 5.69. The lowest BCUT2D eigenvalue weighted by Crippen LogP contribution is -2.31. The largest absolute Gasteiger partial charge is 0.395 e. The molecule has 0 radical (unpaired) electrons. The Bertz CT molecular complexity index is 311. The molecule has 4 nitrogen and oxygen atoms in total. The van der Waals surface area contributed by atoms with Crippen LogP contribution in [0.15, 0.2) is 12.4 Å². The van der Waals surface area contributed by atoms with Crippen LogP contribution >= 0.6 is 0 Å². The predicted molar refractivity (Wildman–Crippen MR) is 58.4 cm³/mol. The average Bonchev–Trinajstić information content (AvgIpc) is 2.87. The summed E-state index contributed by atoms with van der Waals surface area (Å²) in [6.45, 7) is 5.31. The van der Waals surface area contributed by atoms with Crippen molar-refractivity contribution in [1.82, 2.24) is 14.7 Å². The van der Waals surface area contributed by atoms with Crippen molar-refractivity contribution in [1.29, 1.82) is 0 Å². The maximum Gasteiger partial charge on any atom is 0.0587 e. The molecule has 1 aliphatic rings. The first-order valence-electron chi connectivity index (χ1n) is 5.69. The Morgan fingerprint density at radius 3 is 3.13 bits per heavy atom. The smallest absolute Gasteiger partial charge is 0.0587 e. The molecule has 84 valence electrons. The van der Waals surface area contributed by atoms with Gasteiger partial charge in [-0.15, -0.1) is 0 Å². The zero-order valence-corrected chi connectivity index (χ0v) is 9.26. The molecule has 15 heavy (non-hydrogen) atoms. The Morgan fingerprint density at radius 1 is 1.60 bits per heavy atom. The van der Waals surface area contributed by atoms with E-state index in [1.165, 1.54) is 12.0 Å². The molecule has 0 aromatic carbocycles. The summed E-state index contributed by atoms with van der Waals surface area (Å²) < 4.78 is 1.94. The zero-order chi connectivity index (χ0) is 10.7. The van der Waals surface area contributed by atoms with E-state index >= 15 is 0 Å². The van der Waals surface area contributed by atoms with Crippen molar-refractivity contribution in [3.05, 3.63) is 18.0 Å². The highest BCUT2D eigenvalue weighted by Gasteiger charge is 2.23. The highest BCUT2D eigenvalue weighted by Crippen LogP contribution is 2.19. The van der Waals surface area contributed by atoms with Crippen LogP contribution < -0.4 is 0 Å². The summed E-state index contributed by atoms with van der Waals surface area (Å²) in [7, 11) is 0. The highest BCUT2D eigenvalue weighted by molar-refractivity contribution is 5.04. The number of hydrogen-bond donors (Lipinski definition) is 1. The van der Waals surface area contributed by atoms with Gasteiger partial charge in [0, 0.05) is 30.9 Å². The number of aliphatic hydroxyl groups is 1. The number of hydrogen-bond acceptors (Lipinski definition) is 3. The van der Waals surface area contributed by atoms with Crippen LogP contribution in [0.4, 0.5) is 0 Å². The summed E-state index contributed by atoms with van der Waals surface area (Å²) in [6, 6.07) is 0.356. The first-order chi connectivity index (χ1) is 7.33. The molecular weight excluding hydrogens is 190 g/mol. The lowest BCUT2D eigenvalue weighted by atomic mass is 10.2. The SMILES string of the molecule is CCn1cc(CN2CCCC2CO)cn1. The summed E-state index contributed by atoms with van der Waals surface area (Å²) in [6.07, 6.45) is 6.34. The number of rotatable bonds is 4. The van der Waals surface area contributed by atoms with Crippen molar-refractivity contribution < 1.29 is 5.11 Å². The third-order valence-corrected chi connectivity index (χ3v) is 3.11. The molecule has 1 saturated heterocycles. The van der Waals surface area contributed by atoms with Crippen LogP contribution in [0.1, 0.15) is 25.3 Å². The second-order valence-corrected chi connectivity index (χ2v) is 4.15. The quantitative estimate of drug-likeness (QED) is 0.799. The van der Waals surface area contributed by atoms with Gasteiger partial charge in [-0.2, -0.15) is 5.10 Å². The van der Waals surface area contributed by atoms with Crippen molar-refractivity contribution in [2.75, 3.05) is 13.2 Å². The van der Waals surface area contributed by atoms with E-state index in [0.29, 0.717) is 6.04 Å². The van der Waals surface area contributed by atoms with E-state index in [1.54, 1.807) is 0 Å². The molecule has 1 fully saturated rings. The molecule has 0 aliphatic carbocycles. The molecule has 1 aromatic heterocycles. The van der Waals surface area contributed by atoms with E-state index in [2.05, 4.69) is 23.1 Å². The van der Waals surface area contributed by atoms with Crippen LogP contribution in [0, 0.1) is 0 Å². The molecule has 0 saturated carbocycles. The molecule has 4 heteroatoms. The summed E-state index contributed by atoms with van der Waals surface area (Å²) in [4.78, 5) is 2.34. The number of aromatic nitrogens is 2. The molecule has 2 rings (SSSR count). The molecule has 0 amide bonds. The minimum atomic E-state index is 0.280. The van der Waals surface area contributed by atoms with Gasteiger partial charge in [0.1, 0.15) is 0 Å². The molecule has 1 aromatic rings. The van der Waals surface area contributed by atoms with Crippen LogP contribution in [0.3, 0.4) is 0 Å². The van der Waals surface area contributed by atoms with Gasteiger partial charge in [-0.3, -0.25) is 9.58 Å². The zero-order valence-electron chi connectivity index (χ0n) is 9.26. The number of aliphatic hydroxyl groups excluding tert-OH is 1. The second-order valence-electron chi connectivity index (χ2n) is 4.15. The number of likely N-dealkylation sites (tertiary alicyclic amines) is 1. The van der Waals surface area contributed by atoms with Gasteiger partial charge in [-0.05, 0) is 26.3 Å². The van der Waals surface area contributed by atoms with Crippen molar-refractivity contribution in [2.24, 2.45) is 0 Å². The van der Waals surface area contributed by atoms with Gasteiger partial charge in [0.15, 0.2) is 0 Å². The van der Waals surface area contributed by atoms with E-state index in [-0.39, 0.29) is 6.61 Å². The number of nitrogens with zero attached hydrogens (tertiary/aromatic N) is 3. The minimum absolute atomic E-state index is 0.280. The van der Waals surface area contributed by atoms with Crippen molar-refractivity contribution in [3.63, 3.8) is 0 Å². The third-order valence-electron chi connectivity index (χ3n) is 3.11. The Kier molecular flexibility index (Phi) is 3.38. The van der Waals surface area contributed by atoms with E-state index in [1.807, 2.05) is 10.9 Å². The Morgan fingerprint density at radius 2 is 2.47 bits per heavy atom. The Labute approximate surface area is 90.5 Å². The molecule has 1 N–H and O–H groups in total. The third kappa shape index (κ3) is 2.38. The first kappa shape index (κ1) is 10.6. The lowest BCUT2D eigenvalue weighted by Gasteiger charge is -2.21. The molecule has 1 atom stereocenters. The van der Waals surface area contributed by atoms with Gasteiger partial charge in [0.05, 0.1) is 12.8 Å². The van der Waals surface area contributed by atoms with Crippen molar-refractivity contribution in [3.8, 4) is 0 Å². The fourth-order valence-electron chi connectivity index (χ4n) is 2.21. The number of aryl methyl sites for hydroxylation is 1. The second kappa shape index (κ2) is 4.77. The molecule has 1 unspecified atom stereocenters. The van der Waals surface area contributed by atoms with E-state index in [9.17, 15) is 5.11 Å². The van der Waals surface area contributed by atoms with Crippen LogP contribution in [0.25, 0.3) is 0 Å². The van der Waals surface area contributed by atoms with Crippen LogP contribution in [-0.2, 0) is 13.1 Å². The van der Waals surface area contributed by atoms with Gasteiger partial charge < -0.3 is 5.11 Å². The molecule has 2 heterocycles. The predicted octanol–water partition coefficient (Wildman–Crippen LogP) is 0.860. The molecule has 1 aliphatic heterocycles. The monoisotopic (exact) mass is 209 g/mol. The molecule has 0 spiro atoms. The summed E-state index contributed by atoms with van der Waals surface area (Å²) >= 11 is 0. The normalized spacial score (nSPS) is 22.4. The topological polar surface area (TPSA) is 41.3 Å². The molecule has 0 bridgehead atoms. The van der Waals surface area contributed by atoms with Gasteiger partial charge in [-0.25, -0.2) is 0 Å². The lowest BCUT2D eigenvalue weighted by molar-refractivity contribution is 0.153. The Balaban J connectivity index is 1.95. The Hall–Kier alpha value is -0.870. The fraction of sp³-hybridized carbons (Fsp3) is 0.727. The van der Waals surface area contributed by atoms with Crippen LogP contribution in [0.5, 0.6) is 0 Å². The van der Waals surface area contributed by atoms with E-state index < -0.39 is 0 Å². The van der Waals surface area contributed by atoms with Crippen molar-refractivity contribution in [2.45, 2.75) is 38.9 Å². The van der Waals surface area contributed by atoms with Gasteiger partial charge in [-0.1, -0.05) is 0 Å². The van der Waals surface area contributed by atoms with E-state index in [4.69, 9.17) is 0 Å². The van der Waals surface area contributed by atoms with Crippen LogP contribution in [0.2, 0.25) is 0 Å². The average molecular weight is 209 g/mol. The maximum atomic E-state index is 9.20. The van der Waals surface area contributed by atoms with Gasteiger partial charge >= 0.3 is 0 Å². The highest BCUT2D eigenvalue weighted by atomic mass is 16.3. The van der Waals surface area contributed by atoms with Gasteiger partial charge in [0.25, 0.3) is 0 Å². The van der Waals surface area contributed by atoms with Gasteiger partial charge in [0.2, 0.25) is 0 Å². The van der Waals surface area contributed by atoms with Crippen molar-refractivity contribution >= 4 is 0 Å². The van der Waals surface area contributed by atoms with Crippen LogP contribution in [-0.4, -0.2) is 39.0 Å². The fourth-order valence-corrected chi connectivity index (χ4v) is 2.21. The summed E-state index contributed by atoms with van der Waals surface area (Å²) in [5, 5.41) is 13.5. The summed E-state index contributed by atoms with van der Waals surface area (Å²) in [5.41, 5.74) is 1.25. The standard InChI is InChI=1S/C11H19N3O/c1-2-14-8-10(6-12-14)7-13-5-3-4-11(13)9-15/h6,8,11,15H,2-5,7,9H2,1H3. The minimum Gasteiger partial charge on any atom is -0.395 e.